The van der Waals surface area contributed by atoms with Crippen LogP contribution in [0, 0.1) is 6.92 Å². The van der Waals surface area contributed by atoms with E-state index in [1.54, 1.807) is 24.3 Å². The number of carbonyl (C=O) groups is 3. The van der Waals surface area contributed by atoms with Crippen molar-refractivity contribution in [1.29, 1.82) is 0 Å². The van der Waals surface area contributed by atoms with Crippen LogP contribution in [-0.4, -0.2) is 37.3 Å². The molecule has 5 rings (SSSR count). The number of aryl methyl sites for hydroxylation is 1. The molecular formula is C37H35NO7. The maximum Gasteiger partial charge on any atom is 0.407 e. The third-order valence-electron chi connectivity index (χ3n) is 7.48. The molecule has 8 heteroatoms. The Labute approximate surface area is 262 Å². The lowest BCUT2D eigenvalue weighted by Crippen LogP contribution is -2.44. The minimum Gasteiger partial charge on any atom is -0.489 e. The van der Waals surface area contributed by atoms with Gasteiger partial charge in [-0.1, -0.05) is 103 Å². The number of hydrogen-bond acceptors (Lipinski definition) is 7. The Morgan fingerprint density at radius 2 is 1.38 bits per heavy atom. The minimum absolute atomic E-state index is 0.0174. The standard InChI is InChI=1S/C37H35NO7/c1-3-20-42-36(40)34(38-37(41)45-24-33-31-10-6-4-8-29(31)30-9-5-7-11-32(30)33)21-35(39)44-23-27-16-18-28(19-17-27)43-22-26-14-12-25(2)13-15-26/h3-19,33-34H,1,20-24H2,2H3,(H,38,41). The van der Waals surface area contributed by atoms with E-state index in [2.05, 4.69) is 11.9 Å². The van der Waals surface area contributed by atoms with E-state index in [1.807, 2.05) is 79.7 Å². The molecule has 8 nitrogen and oxygen atoms in total. The zero-order valence-electron chi connectivity index (χ0n) is 25.1. The first-order valence-corrected chi connectivity index (χ1v) is 14.7. The first-order chi connectivity index (χ1) is 21.9. The van der Waals surface area contributed by atoms with E-state index >= 15 is 0 Å². The smallest absolute Gasteiger partial charge is 0.407 e. The maximum atomic E-state index is 12.8. The molecule has 0 bridgehead atoms. The Bertz CT molecular complexity index is 1600. The van der Waals surface area contributed by atoms with E-state index in [0.29, 0.717) is 12.4 Å². The van der Waals surface area contributed by atoms with Crippen molar-refractivity contribution in [2.45, 2.75) is 38.5 Å². The van der Waals surface area contributed by atoms with Gasteiger partial charge in [-0.05, 0) is 52.4 Å². The van der Waals surface area contributed by atoms with E-state index in [4.69, 9.17) is 18.9 Å². The Hall–Kier alpha value is -5.37. The van der Waals surface area contributed by atoms with Gasteiger partial charge in [-0.25, -0.2) is 9.59 Å². The number of rotatable bonds is 13. The summed E-state index contributed by atoms with van der Waals surface area (Å²) < 4.78 is 21.9. The van der Waals surface area contributed by atoms with Gasteiger partial charge >= 0.3 is 18.0 Å². The number of alkyl carbamates (subject to hydrolysis) is 1. The van der Waals surface area contributed by atoms with Gasteiger partial charge in [-0.15, -0.1) is 0 Å². The average Bonchev–Trinajstić information content (AvgIpc) is 3.38. The predicted octanol–water partition coefficient (Wildman–Crippen LogP) is 6.64. The second kappa shape index (κ2) is 14.9. The Morgan fingerprint density at radius 1 is 0.778 bits per heavy atom. The summed E-state index contributed by atoms with van der Waals surface area (Å²) in [6, 6.07) is 29.9. The second-order valence-corrected chi connectivity index (χ2v) is 10.7. The minimum atomic E-state index is -1.30. The summed E-state index contributed by atoms with van der Waals surface area (Å²) >= 11 is 0. The number of ether oxygens (including phenoxy) is 4. The van der Waals surface area contributed by atoms with Crippen LogP contribution in [0.25, 0.3) is 11.1 Å². The molecule has 230 valence electrons. The van der Waals surface area contributed by atoms with Crippen LogP contribution in [0.5, 0.6) is 5.75 Å². The Balaban J connectivity index is 1.13. The van der Waals surface area contributed by atoms with E-state index in [-0.39, 0.29) is 25.7 Å². The van der Waals surface area contributed by atoms with Gasteiger partial charge in [0.25, 0.3) is 0 Å². The third-order valence-corrected chi connectivity index (χ3v) is 7.48. The molecule has 0 fully saturated rings. The van der Waals surface area contributed by atoms with Gasteiger partial charge < -0.3 is 24.3 Å². The molecule has 1 aliphatic carbocycles. The molecule has 45 heavy (non-hydrogen) atoms. The van der Waals surface area contributed by atoms with E-state index < -0.39 is 30.5 Å². The van der Waals surface area contributed by atoms with Crippen molar-refractivity contribution in [3.8, 4) is 16.9 Å². The number of fused-ring (bicyclic) bond motifs is 3. The largest absolute Gasteiger partial charge is 0.489 e. The van der Waals surface area contributed by atoms with Crippen LogP contribution in [0.4, 0.5) is 4.79 Å². The van der Waals surface area contributed by atoms with E-state index in [0.717, 1.165) is 33.4 Å². The van der Waals surface area contributed by atoms with Crippen molar-refractivity contribution in [3.63, 3.8) is 0 Å². The Kier molecular flexibility index (Phi) is 10.3. The number of carbonyl (C=O) groups excluding carboxylic acids is 3. The lowest BCUT2D eigenvalue weighted by Gasteiger charge is -2.18. The van der Waals surface area contributed by atoms with Crippen LogP contribution in [-0.2, 0) is 37.0 Å². The third kappa shape index (κ3) is 8.17. The quantitative estimate of drug-likeness (QED) is 0.104. The fraction of sp³-hybridized carbons (Fsp3) is 0.216. The molecule has 0 heterocycles. The molecule has 4 aromatic carbocycles. The normalized spacial score (nSPS) is 12.3. The summed E-state index contributed by atoms with van der Waals surface area (Å²) in [6.45, 7) is 5.97. The first-order valence-electron chi connectivity index (χ1n) is 14.7. The maximum absolute atomic E-state index is 12.8. The molecule has 4 aromatic rings. The highest BCUT2D eigenvalue weighted by molar-refractivity contribution is 5.86. The van der Waals surface area contributed by atoms with Crippen LogP contribution >= 0.6 is 0 Å². The van der Waals surface area contributed by atoms with E-state index in [9.17, 15) is 14.4 Å². The summed E-state index contributed by atoms with van der Waals surface area (Å²) in [5.74, 6) is -0.953. The molecular weight excluding hydrogens is 570 g/mol. The topological polar surface area (TPSA) is 100 Å². The average molecular weight is 606 g/mol. The number of amides is 1. The van der Waals surface area contributed by atoms with Gasteiger partial charge in [0.2, 0.25) is 0 Å². The summed E-state index contributed by atoms with van der Waals surface area (Å²) in [5, 5.41) is 2.48. The highest BCUT2D eigenvalue weighted by atomic mass is 16.6. The summed E-state index contributed by atoms with van der Waals surface area (Å²) in [7, 11) is 0. The number of benzene rings is 4. The molecule has 0 saturated carbocycles. The van der Waals surface area contributed by atoms with Gasteiger partial charge in [0.05, 0.1) is 6.42 Å². The predicted molar refractivity (Wildman–Crippen MR) is 170 cm³/mol. The lowest BCUT2D eigenvalue weighted by atomic mass is 9.98. The van der Waals surface area contributed by atoms with Gasteiger partial charge in [0.15, 0.2) is 0 Å². The number of hydrogen-bond donors (Lipinski definition) is 1. The molecule has 0 spiro atoms. The van der Waals surface area contributed by atoms with Gasteiger partial charge in [-0.2, -0.15) is 0 Å². The Morgan fingerprint density at radius 3 is 2.02 bits per heavy atom. The zero-order valence-corrected chi connectivity index (χ0v) is 25.1. The zero-order chi connectivity index (χ0) is 31.6. The molecule has 0 saturated heterocycles. The van der Waals surface area contributed by atoms with Crippen LogP contribution in [0.2, 0.25) is 0 Å². The van der Waals surface area contributed by atoms with Gasteiger partial charge in [0, 0.05) is 5.92 Å². The highest BCUT2D eigenvalue weighted by Gasteiger charge is 2.31. The van der Waals surface area contributed by atoms with Crippen LogP contribution in [0.3, 0.4) is 0 Å². The molecule has 0 aromatic heterocycles. The number of esters is 2. The molecule has 1 atom stereocenters. The van der Waals surface area contributed by atoms with Crippen LogP contribution in [0.15, 0.2) is 110 Å². The van der Waals surface area contributed by atoms with Crippen molar-refractivity contribution in [2.24, 2.45) is 0 Å². The van der Waals surface area contributed by atoms with Crippen LogP contribution < -0.4 is 10.1 Å². The number of nitrogens with one attached hydrogen (secondary N) is 1. The highest BCUT2D eigenvalue weighted by Crippen LogP contribution is 2.44. The van der Waals surface area contributed by atoms with Gasteiger partial charge in [0.1, 0.15) is 38.2 Å². The van der Waals surface area contributed by atoms with Crippen molar-refractivity contribution in [2.75, 3.05) is 13.2 Å². The van der Waals surface area contributed by atoms with Crippen LogP contribution in [0.1, 0.15) is 40.2 Å². The molecule has 1 amide bonds. The monoisotopic (exact) mass is 605 g/mol. The molecule has 0 aliphatic heterocycles. The summed E-state index contributed by atoms with van der Waals surface area (Å²) in [4.78, 5) is 38.2. The lowest BCUT2D eigenvalue weighted by molar-refractivity contribution is -0.152. The summed E-state index contributed by atoms with van der Waals surface area (Å²) in [6.07, 6.45) is 0.124. The fourth-order valence-electron chi connectivity index (χ4n) is 5.14. The molecule has 1 unspecified atom stereocenters. The first kappa shape index (κ1) is 31.1. The van der Waals surface area contributed by atoms with Gasteiger partial charge in [-0.3, -0.25) is 4.79 Å². The molecule has 1 aliphatic rings. The van der Waals surface area contributed by atoms with Crippen molar-refractivity contribution in [1.82, 2.24) is 5.32 Å². The molecule has 1 N–H and O–H groups in total. The molecule has 0 radical (unpaired) electrons. The second-order valence-electron chi connectivity index (χ2n) is 10.7. The van der Waals surface area contributed by atoms with Crippen molar-refractivity contribution < 1.29 is 33.3 Å². The fourth-order valence-corrected chi connectivity index (χ4v) is 5.14. The van der Waals surface area contributed by atoms with Crippen molar-refractivity contribution in [3.05, 3.63) is 138 Å². The van der Waals surface area contributed by atoms with Crippen molar-refractivity contribution >= 4 is 18.0 Å². The van der Waals surface area contributed by atoms with E-state index in [1.165, 1.54) is 11.6 Å². The SMILES string of the molecule is C=CCOC(=O)C(CC(=O)OCc1ccc(OCc2ccc(C)cc2)cc1)NC(=O)OCC1c2ccccc2-c2ccccc21. The summed E-state index contributed by atoms with van der Waals surface area (Å²) in [5.41, 5.74) is 7.30.